The van der Waals surface area contributed by atoms with Crippen LogP contribution in [-0.2, 0) is 11.2 Å². The predicted molar refractivity (Wildman–Crippen MR) is 110 cm³/mol. The van der Waals surface area contributed by atoms with Crippen molar-refractivity contribution in [1.82, 2.24) is 10.2 Å². The molecular weight excluding hydrogens is 350 g/mol. The second-order valence-corrected chi connectivity index (χ2v) is 7.33. The second-order valence-electron chi connectivity index (χ2n) is 7.33. The number of benzene rings is 2. The number of nitrogens with zero attached hydrogens (tertiary/aromatic N) is 2. The zero-order chi connectivity index (χ0) is 19.5. The predicted octanol–water partition coefficient (Wildman–Crippen LogP) is 3.60. The van der Waals surface area contributed by atoms with E-state index in [4.69, 9.17) is 4.99 Å². The molecule has 4 rings (SSSR count). The molecule has 1 fully saturated rings. The van der Waals surface area contributed by atoms with Gasteiger partial charge in [0, 0.05) is 6.42 Å². The zero-order valence-electron chi connectivity index (χ0n) is 16.1. The molecule has 2 aromatic carbocycles. The maximum atomic E-state index is 13.0. The van der Waals surface area contributed by atoms with Gasteiger partial charge in [0.25, 0.3) is 5.91 Å². The second kappa shape index (κ2) is 7.89. The molecule has 0 aromatic heterocycles. The molecule has 1 amide bonds. The fourth-order valence-electron chi connectivity index (χ4n) is 3.73. The Kier molecular flexibility index (Phi) is 5.15. The molecule has 0 radical (unpaired) electrons. The summed E-state index contributed by atoms with van der Waals surface area (Å²) in [6, 6.07) is 17.0. The molecule has 0 saturated carbocycles. The highest BCUT2D eigenvalue weighted by atomic mass is 16.3. The van der Waals surface area contributed by atoms with Crippen molar-refractivity contribution in [3.8, 4) is 5.75 Å². The number of carbonyl (C=O) groups is 1. The van der Waals surface area contributed by atoms with Gasteiger partial charge in [-0.2, -0.15) is 0 Å². The number of allylic oxidation sites excluding steroid dienone is 1. The highest BCUT2D eigenvalue weighted by Gasteiger charge is 2.39. The fraction of sp³-hybridized carbons (Fsp3) is 0.304. The van der Waals surface area contributed by atoms with Crippen LogP contribution in [0, 0.1) is 0 Å². The van der Waals surface area contributed by atoms with Crippen molar-refractivity contribution in [1.29, 1.82) is 0 Å². The van der Waals surface area contributed by atoms with Gasteiger partial charge in [-0.05, 0) is 41.8 Å². The summed E-state index contributed by atoms with van der Waals surface area (Å²) in [6.07, 6.45) is 3.58. The summed E-state index contributed by atoms with van der Waals surface area (Å²) in [5.41, 5.74) is 3.81. The van der Waals surface area contributed by atoms with Crippen LogP contribution in [0.4, 0.5) is 0 Å². The molecule has 1 unspecified atom stereocenters. The van der Waals surface area contributed by atoms with E-state index in [1.807, 2.05) is 35.2 Å². The first-order valence-electron chi connectivity index (χ1n) is 9.87. The number of phenols is 1. The Hall–Kier alpha value is -3.08. The molecule has 2 heterocycles. The van der Waals surface area contributed by atoms with Crippen LogP contribution in [0.15, 0.2) is 71.1 Å². The third kappa shape index (κ3) is 3.65. The summed E-state index contributed by atoms with van der Waals surface area (Å²) in [7, 11) is 0. The highest BCUT2D eigenvalue weighted by Crippen LogP contribution is 2.28. The van der Waals surface area contributed by atoms with E-state index in [1.54, 1.807) is 12.1 Å². The lowest BCUT2D eigenvalue weighted by atomic mass is 10.1. The fourth-order valence-corrected chi connectivity index (χ4v) is 3.73. The number of unbranched alkanes of at least 4 members (excludes halogenated alkanes) is 1. The number of phenolic OH excluding ortho intramolecular Hbond substituents is 1. The lowest BCUT2D eigenvalue weighted by Gasteiger charge is -2.25. The summed E-state index contributed by atoms with van der Waals surface area (Å²) in [5.74, 6) is 1.19. The van der Waals surface area contributed by atoms with E-state index >= 15 is 0 Å². The molecule has 1 saturated heterocycles. The number of nitrogens with one attached hydrogen (secondary N) is 1. The standard InChI is InChI=1S/C23H25N3O2/c1-2-3-9-19-23(28)26-15-21(17-10-12-18(27)13-11-17)24-20(22(26)25-19)14-16-7-5-4-6-8-16/h4-8,10-13,19,25,27H,2-3,9,14-15H2,1H3. The van der Waals surface area contributed by atoms with E-state index in [1.165, 1.54) is 0 Å². The molecule has 2 aliphatic rings. The zero-order valence-corrected chi connectivity index (χ0v) is 16.1. The monoisotopic (exact) mass is 375 g/mol. The average Bonchev–Trinajstić information content (AvgIpc) is 3.04. The largest absolute Gasteiger partial charge is 0.508 e. The summed E-state index contributed by atoms with van der Waals surface area (Å²) in [6.45, 7) is 2.59. The minimum absolute atomic E-state index is 0.125. The van der Waals surface area contributed by atoms with Crippen LogP contribution in [0.3, 0.4) is 0 Å². The number of rotatable bonds is 6. The summed E-state index contributed by atoms with van der Waals surface area (Å²) >= 11 is 0. The number of hydrogen-bond acceptors (Lipinski definition) is 4. The minimum Gasteiger partial charge on any atom is -0.508 e. The van der Waals surface area contributed by atoms with Crippen LogP contribution in [0.1, 0.15) is 37.3 Å². The summed E-state index contributed by atoms with van der Waals surface area (Å²) in [4.78, 5) is 19.8. The molecule has 0 bridgehead atoms. The van der Waals surface area contributed by atoms with Crippen molar-refractivity contribution < 1.29 is 9.90 Å². The van der Waals surface area contributed by atoms with E-state index in [2.05, 4.69) is 24.4 Å². The molecule has 1 atom stereocenters. The maximum Gasteiger partial charge on any atom is 0.251 e. The van der Waals surface area contributed by atoms with Crippen LogP contribution < -0.4 is 5.32 Å². The smallest absolute Gasteiger partial charge is 0.251 e. The molecule has 144 valence electrons. The van der Waals surface area contributed by atoms with Crippen molar-refractivity contribution >= 4 is 11.6 Å². The van der Waals surface area contributed by atoms with E-state index in [9.17, 15) is 9.90 Å². The van der Waals surface area contributed by atoms with Gasteiger partial charge < -0.3 is 10.4 Å². The van der Waals surface area contributed by atoms with Crippen LogP contribution in [-0.4, -0.2) is 34.2 Å². The molecule has 2 aromatic rings. The maximum absolute atomic E-state index is 13.0. The van der Waals surface area contributed by atoms with Crippen molar-refractivity contribution in [3.63, 3.8) is 0 Å². The summed E-state index contributed by atoms with van der Waals surface area (Å²) < 4.78 is 0. The van der Waals surface area contributed by atoms with E-state index in [0.717, 1.165) is 47.6 Å². The molecule has 5 nitrogen and oxygen atoms in total. The third-order valence-electron chi connectivity index (χ3n) is 5.26. The van der Waals surface area contributed by atoms with E-state index in [-0.39, 0.29) is 17.7 Å². The van der Waals surface area contributed by atoms with Gasteiger partial charge in [0.2, 0.25) is 0 Å². The van der Waals surface area contributed by atoms with Gasteiger partial charge in [-0.25, -0.2) is 0 Å². The molecule has 0 spiro atoms. The molecule has 2 N–H and O–H groups in total. The Balaban J connectivity index is 1.69. The number of hydrogen-bond donors (Lipinski definition) is 2. The van der Waals surface area contributed by atoms with Gasteiger partial charge in [0.15, 0.2) is 0 Å². The first-order chi connectivity index (χ1) is 13.7. The van der Waals surface area contributed by atoms with Crippen LogP contribution in [0.25, 0.3) is 0 Å². The Labute approximate surface area is 165 Å². The van der Waals surface area contributed by atoms with Gasteiger partial charge in [-0.15, -0.1) is 0 Å². The number of carbonyl (C=O) groups excluding carboxylic acids is 1. The van der Waals surface area contributed by atoms with Gasteiger partial charge >= 0.3 is 0 Å². The first-order valence-corrected chi connectivity index (χ1v) is 9.87. The van der Waals surface area contributed by atoms with E-state index < -0.39 is 0 Å². The third-order valence-corrected chi connectivity index (χ3v) is 5.26. The van der Waals surface area contributed by atoms with Gasteiger partial charge in [-0.1, -0.05) is 50.1 Å². The molecular formula is C23H25N3O2. The van der Waals surface area contributed by atoms with Gasteiger partial charge in [0.05, 0.1) is 18.0 Å². The normalized spacial score (nSPS) is 18.8. The lowest BCUT2D eigenvalue weighted by molar-refractivity contribution is -0.127. The molecule has 2 aliphatic heterocycles. The quantitative estimate of drug-likeness (QED) is 0.811. The number of aliphatic imine (C=N–C) groups is 1. The summed E-state index contributed by atoms with van der Waals surface area (Å²) in [5, 5.41) is 13.0. The number of amides is 1. The van der Waals surface area contributed by atoms with Gasteiger partial charge in [-0.3, -0.25) is 14.7 Å². The average molecular weight is 375 g/mol. The molecule has 28 heavy (non-hydrogen) atoms. The SMILES string of the molecule is CCCCC1NC2=C(Cc3ccccc3)N=C(c3ccc(O)cc3)CN2C1=O. The van der Waals surface area contributed by atoms with Crippen LogP contribution >= 0.6 is 0 Å². The number of aromatic hydroxyl groups is 1. The van der Waals surface area contributed by atoms with Crippen molar-refractivity contribution in [2.45, 2.75) is 38.6 Å². The van der Waals surface area contributed by atoms with Crippen molar-refractivity contribution in [2.24, 2.45) is 4.99 Å². The molecule has 5 heteroatoms. The van der Waals surface area contributed by atoms with E-state index in [0.29, 0.717) is 13.0 Å². The van der Waals surface area contributed by atoms with Crippen LogP contribution in [0.5, 0.6) is 5.75 Å². The minimum atomic E-state index is -0.171. The highest BCUT2D eigenvalue weighted by molar-refractivity contribution is 6.06. The Morgan fingerprint density at radius 2 is 1.89 bits per heavy atom. The Morgan fingerprint density at radius 1 is 1.14 bits per heavy atom. The lowest BCUT2D eigenvalue weighted by Crippen LogP contribution is -2.36. The Morgan fingerprint density at radius 3 is 2.61 bits per heavy atom. The Bertz CT molecular complexity index is 917. The topological polar surface area (TPSA) is 64.9 Å². The number of fused-ring (bicyclic) bond motifs is 1. The first kappa shape index (κ1) is 18.3. The van der Waals surface area contributed by atoms with Crippen molar-refractivity contribution in [2.75, 3.05) is 6.54 Å². The van der Waals surface area contributed by atoms with Gasteiger partial charge in [0.1, 0.15) is 17.6 Å². The van der Waals surface area contributed by atoms with Crippen LogP contribution in [0.2, 0.25) is 0 Å². The molecule has 0 aliphatic carbocycles. The van der Waals surface area contributed by atoms with Crippen molar-refractivity contribution in [3.05, 3.63) is 77.2 Å².